The maximum atomic E-state index is 14.6. The van der Waals surface area contributed by atoms with Gasteiger partial charge in [0.25, 0.3) is 11.1 Å². The Bertz CT molecular complexity index is 1090. The van der Waals surface area contributed by atoms with Crippen molar-refractivity contribution in [2.45, 2.75) is 18.3 Å². The van der Waals surface area contributed by atoms with E-state index in [1.807, 2.05) is 0 Å². The fraction of sp³-hybridized carbons (Fsp3) is 0.263. The number of nitrogens with two attached hydrogens (primary N) is 1. The summed E-state index contributed by atoms with van der Waals surface area (Å²) >= 11 is 3.84. The van der Waals surface area contributed by atoms with Gasteiger partial charge in [0.1, 0.15) is 0 Å². The number of carbonyl (C=O) groups excluding carboxylic acids is 2. The zero-order valence-corrected chi connectivity index (χ0v) is 18.1. The van der Waals surface area contributed by atoms with E-state index in [0.717, 1.165) is 35.1 Å². The molecule has 8 nitrogen and oxygen atoms in total. The highest BCUT2D eigenvalue weighted by Gasteiger charge is 2.46. The number of carbonyl (C=O) groups is 2. The first-order valence-corrected chi connectivity index (χ1v) is 10.5. The molecule has 2 aromatic rings. The lowest BCUT2D eigenvalue weighted by molar-refractivity contribution is -0.121. The van der Waals surface area contributed by atoms with E-state index in [-0.39, 0.29) is 38.7 Å². The summed E-state index contributed by atoms with van der Waals surface area (Å²) in [5, 5.41) is 9.78. The Hall–Kier alpha value is -2.66. The van der Waals surface area contributed by atoms with Gasteiger partial charge in [0, 0.05) is 24.9 Å². The minimum atomic E-state index is -0.921. The van der Waals surface area contributed by atoms with Crippen molar-refractivity contribution in [2.75, 3.05) is 19.4 Å². The topological polar surface area (TPSA) is 119 Å². The highest BCUT2D eigenvalue weighted by atomic mass is 79.9. The number of halogens is 2. The smallest absolute Gasteiger partial charge is 0.293 e. The maximum Gasteiger partial charge on any atom is 0.293 e. The van der Waals surface area contributed by atoms with Crippen LogP contribution < -0.4 is 10.5 Å². The van der Waals surface area contributed by atoms with E-state index in [2.05, 4.69) is 25.9 Å². The number of rotatable bonds is 5. The molecule has 1 aromatic heterocycles. The lowest BCUT2D eigenvalue weighted by Gasteiger charge is -2.18. The zero-order valence-electron chi connectivity index (χ0n) is 15.7. The first kappa shape index (κ1) is 20.6. The number of anilines is 1. The van der Waals surface area contributed by atoms with Crippen molar-refractivity contribution >= 4 is 50.9 Å². The van der Waals surface area contributed by atoms with Crippen LogP contribution in [0.4, 0.5) is 15.1 Å². The zero-order chi connectivity index (χ0) is 21.6. The fourth-order valence-corrected chi connectivity index (χ4v) is 4.24. The average molecular weight is 495 g/mol. The van der Waals surface area contributed by atoms with E-state index < -0.39 is 22.7 Å². The molecular formula is C19H16BrFN4O4S. The van der Waals surface area contributed by atoms with Gasteiger partial charge in [-0.1, -0.05) is 0 Å². The molecule has 2 amide bonds. The molecule has 4 rings (SSSR count). The first-order valence-electron chi connectivity index (χ1n) is 8.85. The number of aromatic hydroxyl groups is 1. The Morgan fingerprint density at radius 1 is 1.40 bits per heavy atom. The molecule has 1 aliphatic carbocycles. The number of phenolic OH excluding ortho intramolecular Hbond substituents is 1. The van der Waals surface area contributed by atoms with Gasteiger partial charge in [-0.3, -0.25) is 14.5 Å². The van der Waals surface area contributed by atoms with Gasteiger partial charge in [-0.25, -0.2) is 14.4 Å². The minimum Gasteiger partial charge on any atom is -0.502 e. The van der Waals surface area contributed by atoms with Crippen LogP contribution in [0.5, 0.6) is 11.5 Å². The average Bonchev–Trinajstić information content (AvgIpc) is 3.48. The molecule has 11 heteroatoms. The quantitative estimate of drug-likeness (QED) is 0.606. The van der Waals surface area contributed by atoms with Crippen molar-refractivity contribution in [1.82, 2.24) is 14.9 Å². The van der Waals surface area contributed by atoms with Gasteiger partial charge >= 0.3 is 0 Å². The first-order chi connectivity index (χ1) is 14.2. The SMILES string of the molecule is CN1C(=O)S/C(=C\c2cc(OCC3(c4cnc(N)nc4)CC3)c(O)c(F)c2Br)C1=O. The monoisotopic (exact) mass is 494 g/mol. The van der Waals surface area contributed by atoms with Gasteiger partial charge in [0.05, 0.1) is 16.0 Å². The number of likely N-dealkylation sites (N-methyl/N-ethyl adjacent to an activating group) is 1. The largest absolute Gasteiger partial charge is 0.502 e. The second-order valence-electron chi connectivity index (χ2n) is 7.08. The van der Waals surface area contributed by atoms with E-state index in [0.29, 0.717) is 0 Å². The van der Waals surface area contributed by atoms with Crippen LogP contribution in [-0.4, -0.2) is 44.8 Å². The van der Waals surface area contributed by atoms with Crippen molar-refractivity contribution in [2.24, 2.45) is 0 Å². The van der Waals surface area contributed by atoms with E-state index in [9.17, 15) is 19.1 Å². The third-order valence-electron chi connectivity index (χ3n) is 5.09. The summed E-state index contributed by atoms with van der Waals surface area (Å²) in [7, 11) is 1.37. The predicted octanol–water partition coefficient (Wildman–Crippen LogP) is 3.44. The molecule has 0 atom stereocenters. The van der Waals surface area contributed by atoms with Crippen molar-refractivity contribution in [3.05, 3.63) is 44.8 Å². The molecule has 0 bridgehead atoms. The number of nitrogen functional groups attached to an aromatic ring is 1. The van der Waals surface area contributed by atoms with Crippen molar-refractivity contribution in [1.29, 1.82) is 0 Å². The summed E-state index contributed by atoms with van der Waals surface area (Å²) in [4.78, 5) is 32.9. The van der Waals surface area contributed by atoms with Gasteiger partial charge in [0.15, 0.2) is 17.3 Å². The lowest BCUT2D eigenvalue weighted by atomic mass is 10.0. The van der Waals surface area contributed by atoms with Gasteiger partial charge in [0.2, 0.25) is 5.95 Å². The van der Waals surface area contributed by atoms with Crippen LogP contribution in [0.2, 0.25) is 0 Å². The molecule has 0 radical (unpaired) electrons. The molecule has 3 N–H and O–H groups in total. The van der Waals surface area contributed by atoms with Gasteiger partial charge in [-0.15, -0.1) is 0 Å². The molecule has 156 valence electrons. The van der Waals surface area contributed by atoms with Gasteiger partial charge in [-0.2, -0.15) is 0 Å². The summed E-state index contributed by atoms with van der Waals surface area (Å²) in [5.41, 5.74) is 6.32. The molecular weight excluding hydrogens is 479 g/mol. The molecule has 2 heterocycles. The van der Waals surface area contributed by atoms with E-state index in [1.54, 1.807) is 12.4 Å². The van der Waals surface area contributed by atoms with E-state index >= 15 is 0 Å². The number of benzene rings is 1. The van der Waals surface area contributed by atoms with E-state index in [1.165, 1.54) is 19.2 Å². The number of amides is 2. The van der Waals surface area contributed by atoms with Crippen LogP contribution in [0, 0.1) is 5.82 Å². The molecule has 1 aliphatic heterocycles. The van der Waals surface area contributed by atoms with Crippen LogP contribution in [-0.2, 0) is 10.2 Å². The van der Waals surface area contributed by atoms with Crippen LogP contribution in [0.15, 0.2) is 27.8 Å². The molecule has 1 aromatic carbocycles. The van der Waals surface area contributed by atoms with Crippen LogP contribution in [0.25, 0.3) is 6.08 Å². The van der Waals surface area contributed by atoms with Gasteiger partial charge < -0.3 is 15.6 Å². The number of phenols is 1. The summed E-state index contributed by atoms with van der Waals surface area (Å²) in [6.07, 6.45) is 6.31. The second kappa shape index (κ2) is 7.55. The Morgan fingerprint density at radius 3 is 2.63 bits per heavy atom. The van der Waals surface area contributed by atoms with E-state index in [4.69, 9.17) is 10.5 Å². The number of nitrogens with zero attached hydrogens (tertiary/aromatic N) is 3. The lowest BCUT2D eigenvalue weighted by Crippen LogP contribution is -2.22. The highest BCUT2D eigenvalue weighted by Crippen LogP contribution is 2.49. The van der Waals surface area contributed by atoms with Gasteiger partial charge in [-0.05, 0) is 63.8 Å². The Labute approximate surface area is 183 Å². The number of ether oxygens (including phenoxy) is 1. The fourth-order valence-electron chi connectivity index (χ4n) is 3.01. The van der Waals surface area contributed by atoms with Crippen molar-refractivity contribution in [3.8, 4) is 11.5 Å². The summed E-state index contributed by atoms with van der Waals surface area (Å²) < 4.78 is 20.3. The molecule has 1 saturated heterocycles. The summed E-state index contributed by atoms with van der Waals surface area (Å²) in [6, 6.07) is 1.42. The molecule has 0 spiro atoms. The van der Waals surface area contributed by atoms with Crippen LogP contribution >= 0.6 is 27.7 Å². The maximum absolute atomic E-state index is 14.6. The Balaban J connectivity index is 1.61. The number of hydrogen-bond acceptors (Lipinski definition) is 8. The molecule has 1 saturated carbocycles. The Kier molecular flexibility index (Phi) is 5.18. The second-order valence-corrected chi connectivity index (χ2v) is 8.87. The highest BCUT2D eigenvalue weighted by molar-refractivity contribution is 9.10. The number of aromatic nitrogens is 2. The van der Waals surface area contributed by atoms with Crippen molar-refractivity contribution in [3.63, 3.8) is 0 Å². The van der Waals surface area contributed by atoms with Crippen LogP contribution in [0.3, 0.4) is 0 Å². The molecule has 30 heavy (non-hydrogen) atoms. The molecule has 2 aliphatic rings. The number of thioether (sulfide) groups is 1. The standard InChI is InChI=1S/C19H16BrFN4O4S/c1-25-16(27)12(30-18(25)28)5-9-4-11(15(26)14(21)13(9)20)29-8-19(2-3-19)10-6-23-17(22)24-7-10/h4-7,26H,2-3,8H2,1H3,(H2,22,23,24)/b12-5-. The predicted molar refractivity (Wildman–Crippen MR) is 112 cm³/mol. The summed E-state index contributed by atoms with van der Waals surface area (Å²) in [6.45, 7) is 0.180. The third kappa shape index (κ3) is 3.63. The molecule has 2 fully saturated rings. The number of hydrogen-bond donors (Lipinski definition) is 2. The number of imide groups is 1. The van der Waals surface area contributed by atoms with Crippen LogP contribution in [0.1, 0.15) is 24.0 Å². The summed E-state index contributed by atoms with van der Waals surface area (Å²) in [5.74, 6) is -1.94. The van der Waals surface area contributed by atoms with Crippen molar-refractivity contribution < 1.29 is 23.8 Å². The minimum absolute atomic E-state index is 0.0386. The molecule has 0 unspecified atom stereocenters. The third-order valence-corrected chi connectivity index (χ3v) is 6.86. The normalized spacial score (nSPS) is 18.9. The Morgan fingerprint density at radius 2 is 2.07 bits per heavy atom.